The number of methoxy groups -OCH3 is 2. The van der Waals surface area contributed by atoms with Crippen molar-refractivity contribution in [2.45, 2.75) is 76.9 Å². The largest absolute Gasteiger partial charge is 0.467 e. The zero-order valence-electron chi connectivity index (χ0n) is 25.4. The number of nitrogens with one attached hydrogen (secondary N) is 3. The van der Waals surface area contributed by atoms with Gasteiger partial charge in [-0.15, -0.1) is 0 Å². The van der Waals surface area contributed by atoms with Crippen molar-refractivity contribution in [3.05, 3.63) is 52.9 Å². The van der Waals surface area contributed by atoms with Gasteiger partial charge in [0.1, 0.15) is 17.9 Å². The highest BCUT2D eigenvalue weighted by molar-refractivity contribution is 5.99. The number of aryl methyl sites for hydroxylation is 1. The molecule has 2 aromatic heterocycles. The van der Waals surface area contributed by atoms with Gasteiger partial charge >= 0.3 is 17.8 Å². The maximum Gasteiger partial charge on any atom is 0.330 e. The van der Waals surface area contributed by atoms with E-state index in [1.165, 1.54) is 62.5 Å². The Morgan fingerprint density at radius 1 is 1.20 bits per heavy atom. The van der Waals surface area contributed by atoms with E-state index in [-0.39, 0.29) is 55.3 Å². The van der Waals surface area contributed by atoms with Crippen molar-refractivity contribution in [2.24, 2.45) is 17.8 Å². The number of amides is 3. The Hall–Kier alpha value is -4.42. The maximum absolute atomic E-state index is 13.3. The molecule has 2 aliphatic carbocycles. The summed E-state index contributed by atoms with van der Waals surface area (Å²) in [5.74, 6) is -0.664. The third-order valence-corrected chi connectivity index (χ3v) is 8.41. The van der Waals surface area contributed by atoms with Gasteiger partial charge < -0.3 is 34.4 Å². The monoisotopic (exact) mass is 611 g/mol. The summed E-state index contributed by atoms with van der Waals surface area (Å²) < 4.78 is 16.0. The van der Waals surface area contributed by atoms with Crippen LogP contribution in [0.5, 0.6) is 5.95 Å². The zero-order chi connectivity index (χ0) is 31.6. The summed E-state index contributed by atoms with van der Waals surface area (Å²) >= 11 is 0. The molecular formula is C31H41N5O8. The molecule has 3 amide bonds. The van der Waals surface area contributed by atoms with Crippen LogP contribution in [0.2, 0.25) is 0 Å². The van der Waals surface area contributed by atoms with Crippen LogP contribution < -0.4 is 26.2 Å². The first-order chi connectivity index (χ1) is 21.2. The smallest absolute Gasteiger partial charge is 0.330 e. The van der Waals surface area contributed by atoms with Crippen LogP contribution in [0.1, 0.15) is 69.0 Å². The number of esters is 1. The summed E-state index contributed by atoms with van der Waals surface area (Å²) in [5, 5.41) is 8.37. The molecule has 0 aliphatic heterocycles. The third-order valence-electron chi connectivity index (χ3n) is 8.41. The van der Waals surface area contributed by atoms with E-state index < -0.39 is 29.4 Å². The molecule has 5 atom stereocenters. The van der Waals surface area contributed by atoms with Gasteiger partial charge in [0.05, 0.1) is 14.2 Å². The Morgan fingerprint density at radius 3 is 2.77 bits per heavy atom. The van der Waals surface area contributed by atoms with Gasteiger partial charge in [0.15, 0.2) is 0 Å². The molecule has 2 saturated carbocycles. The molecule has 2 aliphatic rings. The lowest BCUT2D eigenvalue weighted by atomic mass is 9.65. The number of hydrogen-bond donors (Lipinski definition) is 3. The van der Waals surface area contributed by atoms with Gasteiger partial charge in [-0.2, -0.15) is 0 Å². The van der Waals surface area contributed by atoms with Crippen LogP contribution in [0.15, 0.2) is 45.9 Å². The highest BCUT2D eigenvalue weighted by Crippen LogP contribution is 2.42. The van der Waals surface area contributed by atoms with Crippen molar-refractivity contribution in [2.75, 3.05) is 19.5 Å². The summed E-state index contributed by atoms with van der Waals surface area (Å²) in [4.78, 5) is 67.3. The number of pyridine rings is 1. The van der Waals surface area contributed by atoms with Crippen LogP contribution in [-0.4, -0.2) is 59.5 Å². The number of anilines is 1. The maximum atomic E-state index is 13.3. The van der Waals surface area contributed by atoms with Gasteiger partial charge in [0.2, 0.25) is 11.8 Å². The Morgan fingerprint density at radius 2 is 2.02 bits per heavy atom. The molecule has 4 rings (SSSR count). The molecule has 3 N–H and O–H groups in total. The van der Waals surface area contributed by atoms with E-state index in [0.717, 1.165) is 18.8 Å². The molecule has 0 saturated heterocycles. The number of nitrogens with zero attached hydrogens (tertiary/aromatic N) is 2. The van der Waals surface area contributed by atoms with E-state index >= 15 is 0 Å². The van der Waals surface area contributed by atoms with Crippen molar-refractivity contribution < 1.29 is 33.1 Å². The van der Waals surface area contributed by atoms with Crippen LogP contribution in [-0.2, 0) is 25.7 Å². The minimum absolute atomic E-state index is 0.00537. The summed E-state index contributed by atoms with van der Waals surface area (Å²) in [5.41, 5.74) is -0.489. The molecule has 2 heterocycles. The topological polar surface area (TPSA) is 171 Å². The number of rotatable bonds is 13. The number of oxazole rings is 1. The molecule has 0 spiro atoms. The summed E-state index contributed by atoms with van der Waals surface area (Å²) in [7, 11) is 2.60. The molecular weight excluding hydrogens is 570 g/mol. The summed E-state index contributed by atoms with van der Waals surface area (Å²) in [6.45, 7) is 2.35. The Labute approximate surface area is 255 Å². The molecule has 2 bridgehead atoms. The van der Waals surface area contributed by atoms with Crippen molar-refractivity contribution in [3.63, 3.8) is 0 Å². The first-order valence-electron chi connectivity index (χ1n) is 15.0. The Bertz CT molecular complexity index is 1410. The number of ether oxygens (including phenoxy) is 2. The molecule has 2 fully saturated rings. The fraction of sp³-hybridized carbons (Fsp3) is 0.548. The Kier molecular flexibility index (Phi) is 11.3. The quantitative estimate of drug-likeness (QED) is 0.228. The number of carbonyl (C=O) groups excluding carboxylic acids is 4. The van der Waals surface area contributed by atoms with Gasteiger partial charge in [-0.1, -0.05) is 25.8 Å². The van der Waals surface area contributed by atoms with Crippen LogP contribution in [0.3, 0.4) is 0 Å². The molecule has 0 radical (unpaired) electrons. The van der Waals surface area contributed by atoms with E-state index in [4.69, 9.17) is 9.15 Å². The number of allylic oxidation sites excluding steroid dienone is 1. The highest BCUT2D eigenvalue weighted by atomic mass is 16.6. The fourth-order valence-electron chi connectivity index (χ4n) is 6.24. The van der Waals surface area contributed by atoms with Crippen LogP contribution in [0.25, 0.3) is 0 Å². The van der Waals surface area contributed by atoms with Gasteiger partial charge in [-0.3, -0.25) is 19.2 Å². The number of carbonyl (C=O) groups is 4. The zero-order valence-corrected chi connectivity index (χ0v) is 25.4. The van der Waals surface area contributed by atoms with Gasteiger partial charge in [-0.05, 0) is 62.0 Å². The highest BCUT2D eigenvalue weighted by Gasteiger charge is 2.38. The van der Waals surface area contributed by atoms with Crippen molar-refractivity contribution in [1.82, 2.24) is 20.2 Å². The summed E-state index contributed by atoms with van der Waals surface area (Å²) in [6, 6.07) is 2.10. The van der Waals surface area contributed by atoms with E-state index in [1.807, 2.05) is 0 Å². The van der Waals surface area contributed by atoms with Gasteiger partial charge in [0.25, 0.3) is 11.4 Å². The average Bonchev–Trinajstić information content (AvgIpc) is 3.50. The first-order valence-corrected chi connectivity index (χ1v) is 15.0. The predicted octanol–water partition coefficient (Wildman–Crippen LogP) is 2.81. The molecule has 0 aromatic carbocycles. The van der Waals surface area contributed by atoms with Crippen molar-refractivity contribution in [1.29, 1.82) is 0 Å². The van der Waals surface area contributed by atoms with Gasteiger partial charge in [-0.25, -0.2) is 9.78 Å². The van der Waals surface area contributed by atoms with Crippen molar-refractivity contribution >= 4 is 29.4 Å². The summed E-state index contributed by atoms with van der Waals surface area (Å²) in [6.07, 6.45) is 11.9. The second-order valence-corrected chi connectivity index (χ2v) is 11.5. The lowest BCUT2D eigenvalue weighted by Crippen LogP contribution is -2.49. The lowest BCUT2D eigenvalue weighted by Gasteiger charge is -2.44. The van der Waals surface area contributed by atoms with E-state index in [0.29, 0.717) is 11.8 Å². The molecule has 13 heteroatoms. The first kappa shape index (κ1) is 32.5. The molecule has 4 unspecified atom stereocenters. The lowest BCUT2D eigenvalue weighted by molar-refractivity contribution is -0.134. The minimum Gasteiger partial charge on any atom is -0.467 e. The number of fused-ring (bicyclic) bond motifs is 2. The SMILES string of the molecule is COC(=O)/C=C/CC[C@H](NC(=O)c1ncc(OC)o1)C(=O)Nc1cccn(CCC(=O)NC2C(C)CC3CCCC2C3)c1=O. The average molecular weight is 612 g/mol. The van der Waals surface area contributed by atoms with E-state index in [2.05, 4.69) is 32.6 Å². The van der Waals surface area contributed by atoms with Crippen molar-refractivity contribution in [3.8, 4) is 5.95 Å². The fourth-order valence-corrected chi connectivity index (χ4v) is 6.24. The second kappa shape index (κ2) is 15.3. The molecule has 2 aromatic rings. The molecule has 44 heavy (non-hydrogen) atoms. The molecule has 238 valence electrons. The second-order valence-electron chi connectivity index (χ2n) is 11.5. The third kappa shape index (κ3) is 8.57. The standard InChI is InChI=1S/C31H41N5O8/c1-19-16-20-8-6-9-21(17-20)27(19)35-24(37)13-15-36-14-7-11-23(31(36)41)34-28(39)22(10-4-5-12-25(38)42-2)33-29(40)30-32-18-26(43-3)44-30/h5,7,11-12,14,18-22,27H,4,6,8-10,13,15-17H2,1-3H3,(H,33,40)(H,34,39)(H,35,37)/b12-5+/t19?,20?,21?,22-,27?/m0/s1. The van der Waals surface area contributed by atoms with E-state index in [9.17, 15) is 24.0 Å². The number of hydrogen-bond acceptors (Lipinski definition) is 9. The number of aromatic nitrogens is 2. The van der Waals surface area contributed by atoms with Crippen LogP contribution >= 0.6 is 0 Å². The normalized spacial score (nSPS) is 21.7. The van der Waals surface area contributed by atoms with Gasteiger partial charge in [0, 0.05) is 31.3 Å². The minimum atomic E-state index is -1.11. The van der Waals surface area contributed by atoms with Crippen LogP contribution in [0, 0.1) is 17.8 Å². The Balaban J connectivity index is 1.38. The molecule has 13 nitrogen and oxygen atoms in total. The van der Waals surface area contributed by atoms with Crippen LogP contribution in [0.4, 0.5) is 5.69 Å². The predicted molar refractivity (Wildman–Crippen MR) is 160 cm³/mol. The van der Waals surface area contributed by atoms with E-state index in [1.54, 1.807) is 12.3 Å².